The predicted octanol–water partition coefficient (Wildman–Crippen LogP) is 3.17. The van der Waals surface area contributed by atoms with Crippen LogP contribution in [0.25, 0.3) is 0 Å². The Labute approximate surface area is 109 Å². The van der Waals surface area contributed by atoms with Gasteiger partial charge in [-0.15, -0.1) is 0 Å². The summed E-state index contributed by atoms with van der Waals surface area (Å²) < 4.78 is 5.44. The van der Waals surface area contributed by atoms with Crippen molar-refractivity contribution in [1.82, 2.24) is 9.97 Å². The van der Waals surface area contributed by atoms with Gasteiger partial charge in [0.1, 0.15) is 11.6 Å². The lowest BCUT2D eigenvalue weighted by Gasteiger charge is -2.21. The molecule has 0 amide bonds. The maximum absolute atomic E-state index is 5.44. The van der Waals surface area contributed by atoms with Crippen LogP contribution in [0.1, 0.15) is 45.4 Å². The normalized spacial score (nSPS) is 17.7. The Balaban J connectivity index is 2.03. The molecule has 2 rings (SSSR count). The Morgan fingerprint density at radius 2 is 2.11 bits per heavy atom. The fourth-order valence-electron chi connectivity index (χ4n) is 2.64. The van der Waals surface area contributed by atoms with Gasteiger partial charge in [-0.2, -0.15) is 4.98 Å². The summed E-state index contributed by atoms with van der Waals surface area (Å²) in [6.07, 6.45) is 5.39. The highest BCUT2D eigenvalue weighted by molar-refractivity contribution is 5.39. The maximum atomic E-state index is 5.44. The van der Waals surface area contributed by atoms with Crippen LogP contribution in [-0.2, 0) is 0 Å². The van der Waals surface area contributed by atoms with Crippen molar-refractivity contribution in [3.05, 3.63) is 11.9 Å². The van der Waals surface area contributed by atoms with Gasteiger partial charge < -0.3 is 10.1 Å². The van der Waals surface area contributed by atoms with E-state index in [1.165, 1.54) is 25.7 Å². The van der Waals surface area contributed by atoms with Crippen LogP contribution in [-0.4, -0.2) is 22.6 Å². The number of nitrogens with one attached hydrogen (secondary N) is 1. The van der Waals surface area contributed by atoms with Gasteiger partial charge in [0.2, 0.25) is 5.88 Å². The standard InChI is InChI=1S/C14H23N3O/c1-4-18-14-9-13(16-11(3)17-14)15-10(2)12-7-5-6-8-12/h9-10,12H,4-8H2,1-3H3,(H,15,16,17). The summed E-state index contributed by atoms with van der Waals surface area (Å²) in [5, 5.41) is 3.49. The van der Waals surface area contributed by atoms with Crippen LogP contribution < -0.4 is 10.1 Å². The van der Waals surface area contributed by atoms with Crippen molar-refractivity contribution in [3.63, 3.8) is 0 Å². The fourth-order valence-corrected chi connectivity index (χ4v) is 2.64. The molecular weight excluding hydrogens is 226 g/mol. The second-order valence-electron chi connectivity index (χ2n) is 5.05. The summed E-state index contributed by atoms with van der Waals surface area (Å²) in [5.74, 6) is 3.06. The molecule has 1 atom stereocenters. The summed E-state index contributed by atoms with van der Waals surface area (Å²) in [5.41, 5.74) is 0. The van der Waals surface area contributed by atoms with E-state index in [-0.39, 0.29) is 0 Å². The summed E-state index contributed by atoms with van der Waals surface area (Å²) in [7, 11) is 0. The average Bonchev–Trinajstić information content (AvgIpc) is 2.81. The molecule has 4 heteroatoms. The topological polar surface area (TPSA) is 47.0 Å². The second kappa shape index (κ2) is 6.03. The molecular formula is C14H23N3O. The molecule has 0 saturated heterocycles. The third kappa shape index (κ3) is 3.34. The molecule has 4 nitrogen and oxygen atoms in total. The lowest BCUT2D eigenvalue weighted by molar-refractivity contribution is 0.325. The van der Waals surface area contributed by atoms with Crippen molar-refractivity contribution < 1.29 is 4.74 Å². The average molecular weight is 249 g/mol. The van der Waals surface area contributed by atoms with Crippen molar-refractivity contribution in [2.75, 3.05) is 11.9 Å². The number of hydrogen-bond acceptors (Lipinski definition) is 4. The van der Waals surface area contributed by atoms with Gasteiger partial charge in [-0.25, -0.2) is 4.98 Å². The molecule has 100 valence electrons. The monoisotopic (exact) mass is 249 g/mol. The third-order valence-electron chi connectivity index (χ3n) is 3.59. The van der Waals surface area contributed by atoms with Gasteiger partial charge in [-0.1, -0.05) is 12.8 Å². The molecule has 1 N–H and O–H groups in total. The Kier molecular flexibility index (Phi) is 4.39. The first-order chi connectivity index (χ1) is 8.69. The van der Waals surface area contributed by atoms with Crippen LogP contribution in [0.5, 0.6) is 5.88 Å². The lowest BCUT2D eigenvalue weighted by Crippen LogP contribution is -2.24. The highest BCUT2D eigenvalue weighted by atomic mass is 16.5. The SMILES string of the molecule is CCOc1cc(NC(C)C2CCCC2)nc(C)n1. The molecule has 0 aromatic carbocycles. The van der Waals surface area contributed by atoms with E-state index in [0.29, 0.717) is 18.5 Å². The number of hydrogen-bond donors (Lipinski definition) is 1. The molecule has 18 heavy (non-hydrogen) atoms. The Morgan fingerprint density at radius 3 is 2.78 bits per heavy atom. The molecule has 0 aliphatic heterocycles. The number of anilines is 1. The predicted molar refractivity (Wildman–Crippen MR) is 73.0 cm³/mol. The fraction of sp³-hybridized carbons (Fsp3) is 0.714. The zero-order chi connectivity index (χ0) is 13.0. The van der Waals surface area contributed by atoms with Crippen molar-refractivity contribution in [2.24, 2.45) is 5.92 Å². The minimum Gasteiger partial charge on any atom is -0.478 e. The molecule has 1 aliphatic carbocycles. The summed E-state index contributed by atoms with van der Waals surface area (Å²) in [6.45, 7) is 6.74. The van der Waals surface area contributed by atoms with Crippen molar-refractivity contribution in [1.29, 1.82) is 0 Å². The quantitative estimate of drug-likeness (QED) is 0.870. The first kappa shape index (κ1) is 13.1. The highest BCUT2D eigenvalue weighted by Crippen LogP contribution is 2.29. The van der Waals surface area contributed by atoms with Gasteiger partial charge in [0, 0.05) is 12.1 Å². The zero-order valence-corrected chi connectivity index (χ0v) is 11.6. The minimum absolute atomic E-state index is 0.469. The van der Waals surface area contributed by atoms with Gasteiger partial charge in [-0.05, 0) is 39.5 Å². The largest absolute Gasteiger partial charge is 0.478 e. The Morgan fingerprint density at radius 1 is 1.39 bits per heavy atom. The summed E-state index contributed by atoms with van der Waals surface area (Å²) >= 11 is 0. The molecule has 1 heterocycles. The minimum atomic E-state index is 0.469. The van der Waals surface area contributed by atoms with E-state index in [1.807, 2.05) is 19.9 Å². The number of nitrogens with zero attached hydrogens (tertiary/aromatic N) is 2. The van der Waals surface area contributed by atoms with E-state index in [4.69, 9.17) is 4.74 Å². The van der Waals surface area contributed by atoms with Crippen molar-refractivity contribution in [3.8, 4) is 5.88 Å². The van der Waals surface area contributed by atoms with Gasteiger partial charge in [-0.3, -0.25) is 0 Å². The van der Waals surface area contributed by atoms with E-state index in [1.54, 1.807) is 0 Å². The molecule has 1 fully saturated rings. The molecule has 1 saturated carbocycles. The molecule has 1 aromatic rings. The smallest absolute Gasteiger partial charge is 0.218 e. The third-order valence-corrected chi connectivity index (χ3v) is 3.59. The van der Waals surface area contributed by atoms with Gasteiger partial charge >= 0.3 is 0 Å². The first-order valence-corrected chi connectivity index (χ1v) is 6.94. The first-order valence-electron chi connectivity index (χ1n) is 6.94. The Hall–Kier alpha value is -1.32. The summed E-state index contributed by atoms with van der Waals surface area (Å²) in [4.78, 5) is 8.68. The van der Waals surface area contributed by atoms with E-state index in [0.717, 1.165) is 17.6 Å². The van der Waals surface area contributed by atoms with E-state index < -0.39 is 0 Å². The Bertz CT molecular complexity index is 389. The van der Waals surface area contributed by atoms with E-state index >= 15 is 0 Å². The van der Waals surface area contributed by atoms with Crippen molar-refractivity contribution in [2.45, 2.75) is 52.5 Å². The van der Waals surface area contributed by atoms with Gasteiger partial charge in [0.05, 0.1) is 6.61 Å². The van der Waals surface area contributed by atoms with Crippen molar-refractivity contribution >= 4 is 5.82 Å². The number of ether oxygens (including phenoxy) is 1. The van der Waals surface area contributed by atoms with Crippen LogP contribution in [0.15, 0.2) is 6.07 Å². The molecule has 0 spiro atoms. The van der Waals surface area contributed by atoms with Crippen LogP contribution in [0.4, 0.5) is 5.82 Å². The zero-order valence-electron chi connectivity index (χ0n) is 11.6. The number of aryl methyl sites for hydroxylation is 1. The number of rotatable bonds is 5. The maximum Gasteiger partial charge on any atom is 0.218 e. The second-order valence-corrected chi connectivity index (χ2v) is 5.05. The lowest BCUT2D eigenvalue weighted by atomic mass is 10.00. The molecule has 0 radical (unpaired) electrons. The highest BCUT2D eigenvalue weighted by Gasteiger charge is 2.21. The van der Waals surface area contributed by atoms with Gasteiger partial charge in [0.25, 0.3) is 0 Å². The molecule has 1 unspecified atom stereocenters. The number of aromatic nitrogens is 2. The molecule has 0 bridgehead atoms. The summed E-state index contributed by atoms with van der Waals surface area (Å²) in [6, 6.07) is 2.36. The van der Waals surface area contributed by atoms with Crippen LogP contribution >= 0.6 is 0 Å². The van der Waals surface area contributed by atoms with E-state index in [2.05, 4.69) is 22.2 Å². The van der Waals surface area contributed by atoms with E-state index in [9.17, 15) is 0 Å². The molecule has 1 aromatic heterocycles. The molecule has 1 aliphatic rings. The van der Waals surface area contributed by atoms with Crippen LogP contribution in [0, 0.1) is 12.8 Å². The van der Waals surface area contributed by atoms with Crippen LogP contribution in [0.3, 0.4) is 0 Å². The van der Waals surface area contributed by atoms with Crippen LogP contribution in [0.2, 0.25) is 0 Å². The van der Waals surface area contributed by atoms with Gasteiger partial charge in [0.15, 0.2) is 0 Å².